The number of allylic oxidation sites excluding steroid dienone is 1. The molecular weight excluding hydrogens is 310 g/mol. The number of rotatable bonds is 10. The van der Waals surface area contributed by atoms with Crippen LogP contribution >= 0.6 is 24.6 Å². The van der Waals surface area contributed by atoms with Crippen LogP contribution in [0.25, 0.3) is 5.70 Å². The van der Waals surface area contributed by atoms with Crippen molar-refractivity contribution in [2.75, 3.05) is 5.88 Å². The number of thiol groups is 1. The predicted octanol–water partition coefficient (Wildman–Crippen LogP) is 4.38. The number of hydrogen-bond acceptors (Lipinski definition) is 5. The summed E-state index contributed by atoms with van der Waals surface area (Å²) >= 11 is 5.57. The lowest BCUT2D eigenvalue weighted by Gasteiger charge is -2.15. The molecule has 0 saturated heterocycles. The van der Waals surface area contributed by atoms with E-state index < -0.39 is 0 Å². The minimum atomic E-state index is 0.663. The first kappa shape index (κ1) is 18.5. The third-order valence-electron chi connectivity index (χ3n) is 3.11. The number of nitrogens with zero attached hydrogens (tertiary/aromatic N) is 1. The van der Waals surface area contributed by atoms with Crippen LogP contribution in [-0.2, 0) is 6.42 Å². The molecular formula is C17H23N3S2. The normalized spacial score (nSPS) is 10.9. The summed E-state index contributed by atoms with van der Waals surface area (Å²) in [5, 5.41) is 4.14. The lowest BCUT2D eigenvalue weighted by Crippen LogP contribution is -2.13. The average Bonchev–Trinajstić information content (AvgIpc) is 2.54. The van der Waals surface area contributed by atoms with Crippen LogP contribution < -0.4 is 10.0 Å². The molecule has 0 saturated carbocycles. The molecule has 0 bridgehead atoms. The molecule has 0 aliphatic carbocycles. The topological polar surface area (TPSA) is 36.4 Å². The molecule has 0 spiro atoms. The molecule has 0 atom stereocenters. The molecule has 2 N–H and O–H groups in total. The summed E-state index contributed by atoms with van der Waals surface area (Å²) in [4.78, 5) is 3.71. The van der Waals surface area contributed by atoms with Gasteiger partial charge in [-0.1, -0.05) is 74.5 Å². The van der Waals surface area contributed by atoms with Gasteiger partial charge in [0.1, 0.15) is 0 Å². The van der Waals surface area contributed by atoms with Crippen LogP contribution in [0.5, 0.6) is 0 Å². The van der Waals surface area contributed by atoms with E-state index in [1.54, 1.807) is 18.0 Å². The number of thioether (sulfide) groups is 1. The van der Waals surface area contributed by atoms with Gasteiger partial charge in [-0.2, -0.15) is 0 Å². The Kier molecular flexibility index (Phi) is 8.55. The van der Waals surface area contributed by atoms with Gasteiger partial charge in [-0.3, -0.25) is 4.99 Å². The van der Waals surface area contributed by atoms with E-state index in [9.17, 15) is 0 Å². The Bertz CT molecular complexity index is 565. The van der Waals surface area contributed by atoms with Crippen molar-refractivity contribution in [1.29, 1.82) is 0 Å². The number of benzene rings is 1. The second kappa shape index (κ2) is 10.2. The van der Waals surface area contributed by atoms with Crippen molar-refractivity contribution in [3.63, 3.8) is 0 Å². The molecule has 118 valence electrons. The minimum Gasteiger partial charge on any atom is -0.376 e. The van der Waals surface area contributed by atoms with Gasteiger partial charge in [0.15, 0.2) is 0 Å². The molecule has 0 fully saturated rings. The summed E-state index contributed by atoms with van der Waals surface area (Å²) in [6.45, 7) is 13.8. The third-order valence-corrected chi connectivity index (χ3v) is 4.31. The van der Waals surface area contributed by atoms with Gasteiger partial charge >= 0.3 is 0 Å². The fourth-order valence-corrected chi connectivity index (χ4v) is 2.71. The quantitative estimate of drug-likeness (QED) is 0.257. The Hall–Kier alpha value is -1.59. The van der Waals surface area contributed by atoms with Gasteiger partial charge < -0.3 is 10.0 Å². The van der Waals surface area contributed by atoms with Crippen molar-refractivity contribution in [2.45, 2.75) is 19.8 Å². The van der Waals surface area contributed by atoms with Crippen molar-refractivity contribution in [1.82, 2.24) is 10.0 Å². The van der Waals surface area contributed by atoms with E-state index >= 15 is 0 Å². The number of nitrogens with one attached hydrogen (secondary N) is 2. The minimum absolute atomic E-state index is 0.663. The smallest absolute Gasteiger partial charge is 0.0982 e. The Morgan fingerprint density at radius 3 is 2.73 bits per heavy atom. The van der Waals surface area contributed by atoms with Crippen molar-refractivity contribution in [3.8, 4) is 0 Å². The Morgan fingerprint density at radius 2 is 2.09 bits per heavy atom. The first-order valence-electron chi connectivity index (χ1n) is 6.99. The van der Waals surface area contributed by atoms with Gasteiger partial charge in [0, 0.05) is 11.3 Å². The molecule has 1 rings (SSSR count). The third kappa shape index (κ3) is 6.03. The average molecular weight is 334 g/mol. The van der Waals surface area contributed by atoms with E-state index in [0.29, 0.717) is 5.88 Å². The van der Waals surface area contributed by atoms with Gasteiger partial charge in [-0.25, -0.2) is 0 Å². The highest BCUT2D eigenvalue weighted by Gasteiger charge is 2.06. The molecule has 3 nitrogen and oxygen atoms in total. The molecule has 0 aliphatic heterocycles. The van der Waals surface area contributed by atoms with Gasteiger partial charge in [-0.15, -0.1) is 0 Å². The second-order valence-corrected chi connectivity index (χ2v) is 5.91. The van der Waals surface area contributed by atoms with E-state index in [0.717, 1.165) is 29.1 Å². The summed E-state index contributed by atoms with van der Waals surface area (Å²) in [7, 11) is 0. The van der Waals surface area contributed by atoms with Crippen molar-refractivity contribution in [2.24, 2.45) is 4.99 Å². The molecule has 22 heavy (non-hydrogen) atoms. The SMILES string of the molecule is C=N/C=C(/NS)SCNC(=C)c1ccccc1CC(=C)CC. The summed E-state index contributed by atoms with van der Waals surface area (Å²) < 4.78 is 2.77. The number of aliphatic imine (C=N–C) groups is 1. The largest absolute Gasteiger partial charge is 0.376 e. The Balaban J connectivity index is 2.67. The van der Waals surface area contributed by atoms with Crippen LogP contribution in [0.2, 0.25) is 0 Å². The highest BCUT2D eigenvalue weighted by molar-refractivity contribution is 8.03. The van der Waals surface area contributed by atoms with Gasteiger partial charge in [0.05, 0.1) is 17.1 Å². The first-order valence-corrected chi connectivity index (χ1v) is 8.42. The molecule has 5 heteroatoms. The van der Waals surface area contributed by atoms with Gasteiger partial charge in [-0.05, 0) is 25.1 Å². The van der Waals surface area contributed by atoms with Crippen LogP contribution in [-0.4, -0.2) is 12.6 Å². The van der Waals surface area contributed by atoms with Crippen LogP contribution in [0.4, 0.5) is 0 Å². The monoisotopic (exact) mass is 333 g/mol. The van der Waals surface area contributed by atoms with Gasteiger partial charge in [0.25, 0.3) is 0 Å². The van der Waals surface area contributed by atoms with E-state index in [-0.39, 0.29) is 0 Å². The molecule has 0 amide bonds. The fraction of sp³-hybridized carbons (Fsp3) is 0.235. The lowest BCUT2D eigenvalue weighted by atomic mass is 9.98. The first-order chi connectivity index (χ1) is 10.6. The maximum absolute atomic E-state index is 4.14. The highest BCUT2D eigenvalue weighted by atomic mass is 32.2. The van der Waals surface area contributed by atoms with Crippen LogP contribution in [0, 0.1) is 0 Å². The summed E-state index contributed by atoms with van der Waals surface area (Å²) in [6, 6.07) is 8.27. The van der Waals surface area contributed by atoms with Gasteiger partial charge in [0.2, 0.25) is 0 Å². The fourth-order valence-electron chi connectivity index (χ4n) is 1.84. The zero-order valence-corrected chi connectivity index (χ0v) is 14.6. The molecule has 1 aromatic rings. The predicted molar refractivity (Wildman–Crippen MR) is 104 cm³/mol. The molecule has 0 radical (unpaired) electrons. The molecule has 1 aromatic carbocycles. The van der Waals surface area contributed by atoms with E-state index in [2.05, 4.69) is 66.8 Å². The second-order valence-electron chi connectivity index (χ2n) is 4.67. The van der Waals surface area contributed by atoms with E-state index in [1.165, 1.54) is 11.1 Å². The zero-order chi connectivity index (χ0) is 16.4. The molecule has 0 aromatic heterocycles. The summed E-state index contributed by atoms with van der Waals surface area (Å²) in [5.41, 5.74) is 4.49. The van der Waals surface area contributed by atoms with Crippen LogP contribution in [0.1, 0.15) is 24.5 Å². The zero-order valence-electron chi connectivity index (χ0n) is 12.9. The van der Waals surface area contributed by atoms with E-state index in [4.69, 9.17) is 0 Å². The molecule has 0 unspecified atom stereocenters. The Morgan fingerprint density at radius 1 is 1.36 bits per heavy atom. The van der Waals surface area contributed by atoms with Crippen molar-refractivity contribution >= 4 is 37.0 Å². The maximum Gasteiger partial charge on any atom is 0.0982 e. The van der Waals surface area contributed by atoms with Crippen molar-refractivity contribution in [3.05, 3.63) is 65.4 Å². The van der Waals surface area contributed by atoms with E-state index in [1.807, 2.05) is 12.1 Å². The summed E-state index contributed by atoms with van der Waals surface area (Å²) in [5.74, 6) is 0.663. The Labute approximate surface area is 143 Å². The number of hydrogen-bond donors (Lipinski definition) is 3. The standard InChI is InChI=1S/C17H23N3S2/c1-5-13(2)10-15-8-6-7-9-16(15)14(3)19-12-22-17(20-21)11-18-4/h6-9,11,19-21H,2-5,10,12H2,1H3/b17-11-. The molecule has 0 aliphatic rings. The molecule has 0 heterocycles. The lowest BCUT2D eigenvalue weighted by molar-refractivity contribution is 1.00. The summed E-state index contributed by atoms with van der Waals surface area (Å²) in [6.07, 6.45) is 3.49. The van der Waals surface area contributed by atoms with Crippen molar-refractivity contribution < 1.29 is 0 Å². The highest BCUT2D eigenvalue weighted by Crippen LogP contribution is 2.21. The van der Waals surface area contributed by atoms with Crippen LogP contribution in [0.3, 0.4) is 0 Å². The van der Waals surface area contributed by atoms with Crippen LogP contribution in [0.15, 0.2) is 59.2 Å². The maximum atomic E-state index is 4.14.